The third-order valence-corrected chi connectivity index (χ3v) is 2.53. The lowest BCUT2D eigenvalue weighted by molar-refractivity contribution is 0.630. The van der Waals surface area contributed by atoms with Crippen LogP contribution in [0.2, 0.25) is 0 Å². The molecule has 0 aliphatic carbocycles. The number of nitrogens with zero attached hydrogens (tertiary/aromatic N) is 2. The number of rotatable bonds is 3. The van der Waals surface area contributed by atoms with Gasteiger partial charge in [0.15, 0.2) is 0 Å². The van der Waals surface area contributed by atoms with Crippen LogP contribution in [0.5, 0.6) is 0 Å². The first-order valence-electron chi connectivity index (χ1n) is 5.26. The molecule has 0 atom stereocenters. The predicted molar refractivity (Wildman–Crippen MR) is 61.2 cm³/mol. The Morgan fingerprint density at radius 1 is 1.44 bits per heavy atom. The van der Waals surface area contributed by atoms with Crippen molar-refractivity contribution in [2.45, 2.75) is 20.0 Å². The Morgan fingerprint density at radius 3 is 2.88 bits per heavy atom. The maximum Gasteiger partial charge on any atom is 0.131 e. The van der Waals surface area contributed by atoms with Gasteiger partial charge >= 0.3 is 0 Å². The zero-order valence-electron chi connectivity index (χ0n) is 9.15. The molecule has 0 saturated heterocycles. The summed E-state index contributed by atoms with van der Waals surface area (Å²) >= 11 is 0. The van der Waals surface area contributed by atoms with Crippen LogP contribution in [-0.2, 0) is 13.1 Å². The highest BCUT2D eigenvalue weighted by Gasteiger charge is 2.07. The number of halogens is 1. The lowest BCUT2D eigenvalue weighted by atomic mass is 10.1. The van der Waals surface area contributed by atoms with Gasteiger partial charge in [0.1, 0.15) is 5.82 Å². The highest BCUT2D eigenvalue weighted by molar-refractivity contribution is 5.63. The van der Waals surface area contributed by atoms with Gasteiger partial charge in [-0.15, -0.1) is 0 Å². The molecule has 0 aliphatic rings. The molecule has 0 spiro atoms. The molecule has 0 fully saturated rings. The van der Waals surface area contributed by atoms with E-state index in [4.69, 9.17) is 5.73 Å². The fourth-order valence-corrected chi connectivity index (χ4v) is 1.60. The molecular formula is C12H14FN3. The first-order valence-corrected chi connectivity index (χ1v) is 5.26. The average molecular weight is 219 g/mol. The molecule has 0 bridgehead atoms. The molecular weight excluding hydrogens is 205 g/mol. The van der Waals surface area contributed by atoms with E-state index < -0.39 is 0 Å². The second-order valence-corrected chi connectivity index (χ2v) is 3.60. The average Bonchev–Trinajstić information content (AvgIpc) is 2.78. The minimum Gasteiger partial charge on any atom is -0.326 e. The summed E-state index contributed by atoms with van der Waals surface area (Å²) < 4.78 is 15.4. The number of aromatic nitrogens is 2. The predicted octanol–water partition coefficient (Wildman–Crippen LogP) is 2.17. The van der Waals surface area contributed by atoms with E-state index in [2.05, 4.69) is 5.10 Å². The molecule has 84 valence electrons. The molecule has 0 amide bonds. The van der Waals surface area contributed by atoms with E-state index in [0.29, 0.717) is 12.1 Å². The Morgan fingerprint density at radius 2 is 2.25 bits per heavy atom. The molecule has 2 rings (SSSR count). The van der Waals surface area contributed by atoms with Crippen LogP contribution in [0.3, 0.4) is 0 Å². The van der Waals surface area contributed by atoms with E-state index in [-0.39, 0.29) is 5.82 Å². The summed E-state index contributed by atoms with van der Waals surface area (Å²) in [5, 5.41) is 4.13. The quantitative estimate of drug-likeness (QED) is 0.859. The van der Waals surface area contributed by atoms with Crippen LogP contribution in [-0.4, -0.2) is 9.78 Å². The van der Waals surface area contributed by atoms with Crippen molar-refractivity contribution in [1.82, 2.24) is 9.78 Å². The van der Waals surface area contributed by atoms with E-state index in [1.165, 1.54) is 6.07 Å². The van der Waals surface area contributed by atoms with Gasteiger partial charge in [0.25, 0.3) is 0 Å². The van der Waals surface area contributed by atoms with Crippen LogP contribution in [0.4, 0.5) is 4.39 Å². The smallest absolute Gasteiger partial charge is 0.131 e. The molecule has 2 aromatic rings. The number of hydrogen-bond acceptors (Lipinski definition) is 2. The molecule has 2 N–H and O–H groups in total. The van der Waals surface area contributed by atoms with Crippen molar-refractivity contribution in [2.24, 2.45) is 5.73 Å². The monoisotopic (exact) mass is 219 g/mol. The zero-order valence-corrected chi connectivity index (χ0v) is 9.15. The van der Waals surface area contributed by atoms with Crippen molar-refractivity contribution in [3.63, 3.8) is 0 Å². The Balaban J connectivity index is 2.45. The maximum atomic E-state index is 13.6. The number of aryl methyl sites for hydroxylation is 1. The molecule has 0 aliphatic heterocycles. The number of benzene rings is 1. The number of hydrogen-bond donors (Lipinski definition) is 1. The van der Waals surface area contributed by atoms with Crippen molar-refractivity contribution >= 4 is 0 Å². The van der Waals surface area contributed by atoms with E-state index in [1.54, 1.807) is 23.0 Å². The molecule has 1 aromatic heterocycles. The summed E-state index contributed by atoms with van der Waals surface area (Å²) in [5.41, 5.74) is 7.80. The van der Waals surface area contributed by atoms with E-state index >= 15 is 0 Å². The van der Waals surface area contributed by atoms with Crippen molar-refractivity contribution < 1.29 is 4.39 Å². The summed E-state index contributed by atoms with van der Waals surface area (Å²) in [6, 6.07) is 4.91. The van der Waals surface area contributed by atoms with E-state index in [1.807, 2.05) is 13.1 Å². The Kier molecular flexibility index (Phi) is 3.01. The van der Waals surface area contributed by atoms with Crippen LogP contribution in [0, 0.1) is 5.82 Å². The van der Waals surface area contributed by atoms with Crippen LogP contribution in [0.25, 0.3) is 11.1 Å². The van der Waals surface area contributed by atoms with Gasteiger partial charge in [-0.3, -0.25) is 4.68 Å². The molecule has 16 heavy (non-hydrogen) atoms. The van der Waals surface area contributed by atoms with Crippen molar-refractivity contribution in [2.75, 3.05) is 0 Å². The van der Waals surface area contributed by atoms with Crippen LogP contribution >= 0.6 is 0 Å². The van der Waals surface area contributed by atoms with Gasteiger partial charge in [0.2, 0.25) is 0 Å². The second kappa shape index (κ2) is 4.45. The minimum atomic E-state index is -0.243. The summed E-state index contributed by atoms with van der Waals surface area (Å²) in [6.45, 7) is 3.18. The van der Waals surface area contributed by atoms with Gasteiger partial charge in [-0.1, -0.05) is 6.07 Å². The Labute approximate surface area is 93.7 Å². The molecule has 0 unspecified atom stereocenters. The van der Waals surface area contributed by atoms with Crippen molar-refractivity contribution in [3.8, 4) is 11.1 Å². The maximum absolute atomic E-state index is 13.6. The van der Waals surface area contributed by atoms with E-state index in [0.717, 1.165) is 17.7 Å². The van der Waals surface area contributed by atoms with Crippen LogP contribution in [0.1, 0.15) is 12.5 Å². The topological polar surface area (TPSA) is 43.8 Å². The summed E-state index contributed by atoms with van der Waals surface area (Å²) in [6.07, 6.45) is 3.50. The number of nitrogens with two attached hydrogens (primary N) is 1. The third-order valence-electron chi connectivity index (χ3n) is 2.53. The van der Waals surface area contributed by atoms with Gasteiger partial charge in [-0.25, -0.2) is 4.39 Å². The molecule has 1 aromatic carbocycles. The van der Waals surface area contributed by atoms with Gasteiger partial charge in [-0.05, 0) is 24.6 Å². The Hall–Kier alpha value is -1.68. The largest absolute Gasteiger partial charge is 0.326 e. The zero-order chi connectivity index (χ0) is 11.5. The minimum absolute atomic E-state index is 0.243. The lowest BCUT2D eigenvalue weighted by Crippen LogP contribution is -1.97. The van der Waals surface area contributed by atoms with Crippen LogP contribution < -0.4 is 5.73 Å². The molecule has 4 heteroatoms. The lowest BCUT2D eigenvalue weighted by Gasteiger charge is -2.03. The van der Waals surface area contributed by atoms with Gasteiger partial charge in [0, 0.05) is 30.4 Å². The van der Waals surface area contributed by atoms with Crippen LogP contribution in [0.15, 0.2) is 30.6 Å². The van der Waals surface area contributed by atoms with E-state index in [9.17, 15) is 4.39 Å². The molecule has 3 nitrogen and oxygen atoms in total. The second-order valence-electron chi connectivity index (χ2n) is 3.60. The molecule has 0 radical (unpaired) electrons. The summed E-state index contributed by atoms with van der Waals surface area (Å²) in [4.78, 5) is 0. The Bertz CT molecular complexity index is 491. The summed E-state index contributed by atoms with van der Waals surface area (Å²) in [7, 11) is 0. The first-order chi connectivity index (χ1) is 7.74. The standard InChI is InChI=1S/C12H14FN3/c1-2-16-8-10(7-15-16)11-5-9(6-14)3-4-12(11)13/h3-5,7-8H,2,6,14H2,1H3. The van der Waals surface area contributed by atoms with Gasteiger partial charge < -0.3 is 5.73 Å². The van der Waals surface area contributed by atoms with Crippen molar-refractivity contribution in [3.05, 3.63) is 42.0 Å². The highest BCUT2D eigenvalue weighted by atomic mass is 19.1. The normalized spacial score (nSPS) is 10.7. The van der Waals surface area contributed by atoms with Crippen molar-refractivity contribution in [1.29, 1.82) is 0 Å². The first kappa shape index (κ1) is 10.8. The molecule has 0 saturated carbocycles. The molecule has 1 heterocycles. The fraction of sp³-hybridized carbons (Fsp3) is 0.250. The third kappa shape index (κ3) is 1.97. The van der Waals surface area contributed by atoms with Gasteiger partial charge in [-0.2, -0.15) is 5.10 Å². The fourth-order valence-electron chi connectivity index (χ4n) is 1.60. The SMILES string of the molecule is CCn1cc(-c2cc(CN)ccc2F)cn1. The summed E-state index contributed by atoms with van der Waals surface area (Å²) in [5.74, 6) is -0.243. The highest BCUT2D eigenvalue weighted by Crippen LogP contribution is 2.23. The van der Waals surface area contributed by atoms with Gasteiger partial charge in [0.05, 0.1) is 6.20 Å².